The number of hydrogen-bond acceptors (Lipinski definition) is 8. The van der Waals surface area contributed by atoms with Crippen LogP contribution in [0.3, 0.4) is 0 Å². The molecule has 4 rings (SSSR count). The molecule has 1 aromatic carbocycles. The highest BCUT2D eigenvalue weighted by atomic mass is 35.5. The first-order valence-corrected chi connectivity index (χ1v) is 13.3. The second-order valence-electron chi connectivity index (χ2n) is 8.74. The van der Waals surface area contributed by atoms with E-state index in [4.69, 9.17) is 26.8 Å². The van der Waals surface area contributed by atoms with Crippen LogP contribution in [0.5, 0.6) is 0 Å². The maximum atomic E-state index is 13.2. The van der Waals surface area contributed by atoms with E-state index >= 15 is 0 Å². The van der Waals surface area contributed by atoms with Gasteiger partial charge in [-0.25, -0.2) is 4.79 Å². The van der Waals surface area contributed by atoms with Gasteiger partial charge in [0.15, 0.2) is 0 Å². The van der Waals surface area contributed by atoms with E-state index in [1.165, 1.54) is 4.90 Å². The summed E-state index contributed by atoms with van der Waals surface area (Å²) < 4.78 is 11.1. The molecule has 2 N–H and O–H groups in total. The molecule has 2 saturated heterocycles. The highest BCUT2D eigenvalue weighted by Gasteiger charge is 2.36. The molecule has 0 saturated carbocycles. The van der Waals surface area contributed by atoms with Gasteiger partial charge in [-0.15, -0.1) is 11.3 Å². The number of nitrogens with zero attached hydrogens (tertiary/aromatic N) is 3. The third kappa shape index (κ3) is 6.67. The smallest absolute Gasteiger partial charge is 0.414 e. The number of morpholine rings is 1. The third-order valence-electron chi connectivity index (χ3n) is 6.14. The summed E-state index contributed by atoms with van der Waals surface area (Å²) in [5.41, 5.74) is 6.84. The Hall–Kier alpha value is -2.99. The number of rotatable bonds is 10. The minimum absolute atomic E-state index is 0.0422. The summed E-state index contributed by atoms with van der Waals surface area (Å²) in [4.78, 5) is 55.5. The van der Waals surface area contributed by atoms with Crippen molar-refractivity contribution in [2.75, 3.05) is 49.2 Å². The topological polar surface area (TPSA) is 122 Å². The first kappa shape index (κ1) is 27.1. The van der Waals surface area contributed by atoms with Crippen LogP contribution in [0.15, 0.2) is 36.4 Å². The lowest BCUT2D eigenvalue weighted by atomic mass is 10.1. The predicted molar refractivity (Wildman–Crippen MR) is 140 cm³/mol. The zero-order chi connectivity index (χ0) is 26.4. The van der Waals surface area contributed by atoms with Crippen LogP contribution in [0.2, 0.25) is 4.34 Å². The van der Waals surface area contributed by atoms with Crippen LogP contribution in [0.25, 0.3) is 0 Å². The van der Waals surface area contributed by atoms with Crippen LogP contribution >= 0.6 is 22.9 Å². The summed E-state index contributed by atoms with van der Waals surface area (Å²) >= 11 is 7.09. The predicted octanol–water partition coefficient (Wildman–Crippen LogP) is 3.28. The van der Waals surface area contributed by atoms with Gasteiger partial charge in [0.1, 0.15) is 12.7 Å². The lowest BCUT2D eigenvalue weighted by Crippen LogP contribution is -2.43. The number of anilines is 2. The van der Waals surface area contributed by atoms with E-state index in [9.17, 15) is 19.2 Å². The molecule has 10 nitrogen and oxygen atoms in total. The number of halogens is 1. The van der Waals surface area contributed by atoms with E-state index in [0.29, 0.717) is 46.7 Å². The van der Waals surface area contributed by atoms with Crippen molar-refractivity contribution in [3.05, 3.63) is 45.6 Å². The highest BCUT2D eigenvalue weighted by molar-refractivity contribution is 7.18. The highest BCUT2D eigenvalue weighted by Crippen LogP contribution is 2.27. The van der Waals surface area contributed by atoms with Gasteiger partial charge in [0, 0.05) is 24.3 Å². The van der Waals surface area contributed by atoms with E-state index in [0.717, 1.165) is 29.1 Å². The number of hydrogen-bond donors (Lipinski definition) is 1. The monoisotopic (exact) mass is 548 g/mol. The second kappa shape index (κ2) is 12.5. The molecule has 2 fully saturated rings. The molecular weight excluding hydrogens is 520 g/mol. The molecule has 2 aliphatic heterocycles. The van der Waals surface area contributed by atoms with Crippen molar-refractivity contribution in [2.45, 2.75) is 31.8 Å². The number of carbonyl (C=O) groups excluding carboxylic acids is 4. The molecule has 198 valence electrons. The zero-order valence-electron chi connectivity index (χ0n) is 20.3. The molecule has 0 spiro atoms. The van der Waals surface area contributed by atoms with Crippen molar-refractivity contribution >= 4 is 58.1 Å². The fourth-order valence-corrected chi connectivity index (χ4v) is 5.22. The lowest BCUT2D eigenvalue weighted by molar-refractivity contribution is -0.129. The van der Waals surface area contributed by atoms with Crippen LogP contribution in [-0.4, -0.2) is 74.2 Å². The average molecular weight is 549 g/mol. The SMILES string of the molecule is NCCCCCC(=O)N(C[C@H]1CN(c2ccc(N3CCOCC3=O)cc2)C(=O)O1)C(=O)c1ccc(Cl)s1. The molecule has 2 aliphatic rings. The maximum absolute atomic E-state index is 13.2. The summed E-state index contributed by atoms with van der Waals surface area (Å²) in [6.07, 6.45) is 1.13. The van der Waals surface area contributed by atoms with E-state index in [1.54, 1.807) is 41.3 Å². The Morgan fingerprint density at radius 3 is 2.43 bits per heavy atom. The molecule has 0 unspecified atom stereocenters. The van der Waals surface area contributed by atoms with Crippen LogP contribution in [0.1, 0.15) is 35.4 Å². The van der Waals surface area contributed by atoms with E-state index in [2.05, 4.69) is 0 Å². The number of ether oxygens (including phenoxy) is 2. The van der Waals surface area contributed by atoms with Crippen molar-refractivity contribution in [1.29, 1.82) is 0 Å². The Bertz CT molecular complexity index is 1140. The zero-order valence-corrected chi connectivity index (χ0v) is 21.8. The Morgan fingerprint density at radius 1 is 1.05 bits per heavy atom. The van der Waals surface area contributed by atoms with Gasteiger partial charge in [-0.3, -0.25) is 24.2 Å². The van der Waals surface area contributed by atoms with Gasteiger partial charge in [-0.2, -0.15) is 0 Å². The van der Waals surface area contributed by atoms with E-state index < -0.39 is 18.1 Å². The van der Waals surface area contributed by atoms with Crippen LogP contribution in [0.4, 0.5) is 16.2 Å². The van der Waals surface area contributed by atoms with Gasteiger partial charge in [-0.05, 0) is 55.8 Å². The molecule has 0 radical (unpaired) electrons. The fraction of sp³-hybridized carbons (Fsp3) is 0.440. The van der Waals surface area contributed by atoms with Crippen molar-refractivity contribution in [1.82, 2.24) is 4.90 Å². The molecule has 1 aromatic heterocycles. The standard InChI is InChI=1S/C25H29ClN4O6S/c26-21-10-9-20(37-21)24(33)30(22(31)4-2-1-3-11-27)15-19-14-29(25(34)36-19)18-7-5-17(6-8-18)28-12-13-35-16-23(28)32/h5-10,19H,1-4,11-16,27H2/t19-/m1/s1. The molecule has 37 heavy (non-hydrogen) atoms. The number of nitrogens with two attached hydrogens (primary N) is 1. The quantitative estimate of drug-likeness (QED) is 0.452. The van der Waals surface area contributed by atoms with E-state index in [-0.39, 0.29) is 37.9 Å². The summed E-state index contributed by atoms with van der Waals surface area (Å²) in [5.74, 6) is -0.917. The van der Waals surface area contributed by atoms with Crippen LogP contribution in [0, 0.1) is 0 Å². The lowest BCUT2D eigenvalue weighted by Gasteiger charge is -2.27. The van der Waals surface area contributed by atoms with E-state index in [1.807, 2.05) is 0 Å². The third-order valence-corrected chi connectivity index (χ3v) is 7.36. The average Bonchev–Trinajstić information content (AvgIpc) is 3.50. The van der Waals surface area contributed by atoms with Gasteiger partial charge >= 0.3 is 6.09 Å². The number of cyclic esters (lactones) is 1. The molecule has 0 aliphatic carbocycles. The van der Waals surface area contributed by atoms with Crippen molar-refractivity contribution < 1.29 is 28.7 Å². The number of unbranched alkanes of at least 4 members (excludes halogenated alkanes) is 2. The largest absolute Gasteiger partial charge is 0.442 e. The van der Waals surface area contributed by atoms with Gasteiger partial charge in [-0.1, -0.05) is 18.0 Å². The molecule has 4 amide bonds. The van der Waals surface area contributed by atoms with Gasteiger partial charge in [0.25, 0.3) is 11.8 Å². The Morgan fingerprint density at radius 2 is 1.78 bits per heavy atom. The summed E-state index contributed by atoms with van der Waals surface area (Å²) in [7, 11) is 0. The summed E-state index contributed by atoms with van der Waals surface area (Å²) in [6, 6.07) is 10.2. The number of amides is 4. The number of carbonyl (C=O) groups is 4. The number of benzene rings is 1. The maximum Gasteiger partial charge on any atom is 0.414 e. The first-order valence-electron chi connectivity index (χ1n) is 12.1. The van der Waals surface area contributed by atoms with Gasteiger partial charge in [0.05, 0.1) is 28.9 Å². The normalized spacial score (nSPS) is 17.7. The first-order chi connectivity index (χ1) is 17.9. The Labute approximate surface area is 223 Å². The van der Waals surface area contributed by atoms with Crippen molar-refractivity contribution in [3.63, 3.8) is 0 Å². The van der Waals surface area contributed by atoms with Gasteiger partial charge < -0.3 is 20.1 Å². The van der Waals surface area contributed by atoms with Crippen LogP contribution in [-0.2, 0) is 19.1 Å². The molecular formula is C25H29ClN4O6S. The molecule has 3 heterocycles. The number of thiophene rings is 1. The van der Waals surface area contributed by atoms with Gasteiger partial charge in [0.2, 0.25) is 5.91 Å². The molecule has 2 aromatic rings. The fourth-order valence-electron chi connectivity index (χ4n) is 4.23. The Kier molecular flexibility index (Phi) is 9.14. The molecule has 0 bridgehead atoms. The minimum atomic E-state index is -0.694. The van der Waals surface area contributed by atoms with Crippen molar-refractivity contribution in [3.8, 4) is 0 Å². The van der Waals surface area contributed by atoms with Crippen molar-refractivity contribution in [2.24, 2.45) is 5.73 Å². The summed E-state index contributed by atoms with van der Waals surface area (Å²) in [6.45, 7) is 1.62. The minimum Gasteiger partial charge on any atom is -0.442 e. The molecule has 1 atom stereocenters. The molecule has 12 heteroatoms. The van der Waals surface area contributed by atoms with Crippen LogP contribution < -0.4 is 15.5 Å². The Balaban J connectivity index is 1.43. The summed E-state index contributed by atoms with van der Waals surface area (Å²) in [5, 5.41) is 0. The second-order valence-corrected chi connectivity index (χ2v) is 10.5. The number of imide groups is 1.